The zero-order valence-corrected chi connectivity index (χ0v) is 18.7. The third kappa shape index (κ3) is 4.08. The molecule has 0 radical (unpaired) electrons. The van der Waals surface area contributed by atoms with Crippen LogP contribution in [0.1, 0.15) is 26.7 Å². The number of fused-ring (bicyclic) bond motifs is 3. The molecule has 3 aromatic rings. The van der Waals surface area contributed by atoms with E-state index in [0.717, 1.165) is 6.42 Å². The first-order chi connectivity index (χ1) is 15.5. The number of benzene rings is 1. The number of anilines is 1. The van der Waals surface area contributed by atoms with E-state index in [2.05, 4.69) is 9.97 Å². The van der Waals surface area contributed by atoms with E-state index in [1.165, 1.54) is 36.2 Å². The average molecular weight is 480 g/mol. The lowest BCUT2D eigenvalue weighted by atomic mass is 9.88. The summed E-state index contributed by atoms with van der Waals surface area (Å²) in [6.07, 6.45) is -3.10. The van der Waals surface area contributed by atoms with Crippen LogP contribution in [0.4, 0.5) is 19.6 Å². The number of amides is 1. The number of hydrogen-bond acceptors (Lipinski definition) is 8. The van der Waals surface area contributed by atoms with Gasteiger partial charge in [0, 0.05) is 24.7 Å². The normalized spacial score (nSPS) is 20.8. The number of rotatable bonds is 6. The Bertz CT molecular complexity index is 1180. The predicted octanol–water partition coefficient (Wildman–Crippen LogP) is 4.02. The monoisotopic (exact) mass is 480 g/mol. The molecule has 5 heterocycles. The molecule has 33 heavy (non-hydrogen) atoms. The van der Waals surface area contributed by atoms with Crippen LogP contribution in [0.25, 0.3) is 21.7 Å². The summed E-state index contributed by atoms with van der Waals surface area (Å²) in [5.74, 6) is -0.177. The number of piperidine rings is 1. The number of nitrogens with zero attached hydrogens (tertiary/aromatic N) is 4. The van der Waals surface area contributed by atoms with Gasteiger partial charge in [-0.05, 0) is 32.4 Å². The number of oxazole rings is 1. The van der Waals surface area contributed by atoms with Crippen LogP contribution in [0.15, 0.2) is 28.1 Å². The summed E-state index contributed by atoms with van der Waals surface area (Å²) in [5, 5.41) is 21.6. The van der Waals surface area contributed by atoms with E-state index in [4.69, 9.17) is 9.15 Å². The first kappa shape index (κ1) is 21.8. The number of piperazine rings is 1. The molecule has 1 amide bonds. The molecule has 2 aromatic heterocycles. The smallest absolute Gasteiger partial charge is 0.407 e. The Labute approximate surface area is 191 Å². The highest BCUT2D eigenvalue weighted by atomic mass is 32.1. The summed E-state index contributed by atoms with van der Waals surface area (Å²) < 4.78 is 40.1. The van der Waals surface area contributed by atoms with Gasteiger partial charge in [0.2, 0.25) is 0 Å². The fraction of sp³-hybridized carbons (Fsp3) is 0.476. The van der Waals surface area contributed by atoms with Gasteiger partial charge in [-0.25, -0.2) is 9.78 Å². The number of hydrogen-bond donors (Lipinski definition) is 2. The van der Waals surface area contributed by atoms with E-state index >= 15 is 0 Å². The third-order valence-electron chi connectivity index (χ3n) is 5.74. The van der Waals surface area contributed by atoms with Gasteiger partial charge in [0.1, 0.15) is 5.01 Å². The molecule has 0 saturated carbocycles. The summed E-state index contributed by atoms with van der Waals surface area (Å²) in [6.45, 7) is 3.35. The second kappa shape index (κ2) is 7.52. The van der Waals surface area contributed by atoms with Crippen molar-refractivity contribution in [2.75, 3.05) is 18.0 Å². The van der Waals surface area contributed by atoms with Crippen molar-refractivity contribution in [2.45, 2.75) is 50.5 Å². The van der Waals surface area contributed by atoms with Crippen LogP contribution in [0.2, 0.25) is 0 Å². The topological polar surface area (TPSA) is 112 Å². The molecule has 12 heteroatoms. The zero-order chi connectivity index (χ0) is 23.5. The van der Waals surface area contributed by atoms with E-state index in [1.54, 1.807) is 17.6 Å². The average Bonchev–Trinajstić information content (AvgIpc) is 3.36. The molecule has 6 rings (SSSR count). The van der Waals surface area contributed by atoms with E-state index < -0.39 is 24.2 Å². The number of alkyl halides is 2. The highest BCUT2D eigenvalue weighted by molar-refractivity contribution is 7.13. The molecule has 176 valence electrons. The molecule has 0 spiro atoms. The minimum Gasteiger partial charge on any atom is -0.465 e. The Morgan fingerprint density at radius 1 is 1.33 bits per heavy atom. The minimum atomic E-state index is -3.64. The van der Waals surface area contributed by atoms with Crippen molar-refractivity contribution in [3.05, 3.63) is 23.7 Å². The van der Waals surface area contributed by atoms with E-state index in [0.29, 0.717) is 23.7 Å². The van der Waals surface area contributed by atoms with Gasteiger partial charge in [-0.3, -0.25) is 4.90 Å². The summed E-state index contributed by atoms with van der Waals surface area (Å²) in [4.78, 5) is 23.4. The zero-order valence-electron chi connectivity index (χ0n) is 17.9. The highest BCUT2D eigenvalue weighted by Gasteiger charge is 2.48. The van der Waals surface area contributed by atoms with Gasteiger partial charge in [0.05, 0.1) is 29.7 Å². The van der Waals surface area contributed by atoms with Crippen molar-refractivity contribution >= 4 is 34.5 Å². The van der Waals surface area contributed by atoms with Gasteiger partial charge >= 0.3 is 12.2 Å². The molecule has 3 aliphatic heterocycles. The number of thiazole rings is 1. The fourth-order valence-electron chi connectivity index (χ4n) is 4.49. The van der Waals surface area contributed by atoms with Crippen LogP contribution < -0.4 is 9.64 Å². The van der Waals surface area contributed by atoms with Crippen molar-refractivity contribution in [3.8, 4) is 16.3 Å². The number of carboxylic acid groups (broad SMARTS) is 1. The highest BCUT2D eigenvalue weighted by Crippen LogP contribution is 2.42. The molecule has 2 unspecified atom stereocenters. The molecule has 3 fully saturated rings. The third-order valence-corrected chi connectivity index (χ3v) is 6.55. The minimum absolute atomic E-state index is 0.113. The Morgan fingerprint density at radius 3 is 2.67 bits per heavy atom. The first-order valence-electron chi connectivity index (χ1n) is 10.4. The van der Waals surface area contributed by atoms with Gasteiger partial charge in [-0.15, -0.1) is 11.3 Å². The maximum atomic E-state index is 14.5. The van der Waals surface area contributed by atoms with Crippen LogP contribution in [0.5, 0.6) is 5.75 Å². The molecule has 2 N–H and O–H groups in total. The van der Waals surface area contributed by atoms with Crippen LogP contribution in [-0.2, 0) is 0 Å². The van der Waals surface area contributed by atoms with Crippen LogP contribution in [-0.4, -0.2) is 68.1 Å². The number of carbonyl (C=O) groups is 1. The molecule has 1 aromatic carbocycles. The lowest BCUT2D eigenvalue weighted by Crippen LogP contribution is -2.70. The maximum Gasteiger partial charge on any atom is 0.407 e. The van der Waals surface area contributed by atoms with Crippen LogP contribution in [0.3, 0.4) is 0 Å². The van der Waals surface area contributed by atoms with E-state index in [1.807, 2.05) is 4.90 Å². The largest absolute Gasteiger partial charge is 0.465 e. The predicted molar refractivity (Wildman–Crippen MR) is 116 cm³/mol. The summed E-state index contributed by atoms with van der Waals surface area (Å²) in [6, 6.07) is 2.86. The van der Waals surface area contributed by atoms with Gasteiger partial charge in [0.25, 0.3) is 6.01 Å². The summed E-state index contributed by atoms with van der Waals surface area (Å²) >= 11 is 1.37. The first-order valence-corrected chi connectivity index (χ1v) is 11.3. The molecule has 3 saturated heterocycles. The molecular weight excluding hydrogens is 458 g/mol. The quantitative estimate of drug-likeness (QED) is 0.544. The molecule has 2 bridgehead atoms. The number of ether oxygens (including phenoxy) is 1. The second-order valence-electron chi connectivity index (χ2n) is 8.99. The van der Waals surface area contributed by atoms with Crippen molar-refractivity contribution < 1.29 is 32.9 Å². The van der Waals surface area contributed by atoms with Crippen LogP contribution in [0, 0.1) is 0 Å². The molecule has 9 nitrogen and oxygen atoms in total. The SMILES string of the molecule is CC(C)(O)CC(F)(F)Oc1ccc(-c2nccs2)c2oc(N3CC4CC(C3)N4C(=O)O)nc12. The lowest BCUT2D eigenvalue weighted by molar-refractivity contribution is -0.206. The van der Waals surface area contributed by atoms with Gasteiger partial charge < -0.3 is 24.3 Å². The standard InChI is InChI=1S/C21H22F2N4O5S/c1-20(2,30)10-21(22,23)32-14-4-3-13(17-24-5-6-33-17)16-15(14)25-18(31-16)26-8-11-7-12(9-26)27(11)19(28)29/h3-6,11-12,30H,7-10H2,1-2H3,(H,28,29). The molecular formula is C21H22F2N4O5S. The number of halogens is 2. The Kier molecular flexibility index (Phi) is 4.98. The molecule has 2 atom stereocenters. The van der Waals surface area contributed by atoms with Crippen LogP contribution >= 0.6 is 11.3 Å². The number of aliphatic hydroxyl groups is 1. The van der Waals surface area contributed by atoms with Crippen molar-refractivity contribution in [1.82, 2.24) is 14.9 Å². The number of aromatic nitrogens is 2. The van der Waals surface area contributed by atoms with Gasteiger partial charge in [-0.2, -0.15) is 13.8 Å². The molecule has 3 aliphatic rings. The van der Waals surface area contributed by atoms with Gasteiger partial charge in [0.15, 0.2) is 16.8 Å². The van der Waals surface area contributed by atoms with Gasteiger partial charge in [-0.1, -0.05) is 0 Å². The van der Waals surface area contributed by atoms with Crippen molar-refractivity contribution in [2.24, 2.45) is 0 Å². The van der Waals surface area contributed by atoms with E-state index in [9.17, 15) is 23.8 Å². The Morgan fingerprint density at radius 2 is 2.06 bits per heavy atom. The fourth-order valence-corrected chi connectivity index (χ4v) is 5.15. The van der Waals surface area contributed by atoms with E-state index in [-0.39, 0.29) is 34.9 Å². The summed E-state index contributed by atoms with van der Waals surface area (Å²) in [7, 11) is 0. The summed E-state index contributed by atoms with van der Waals surface area (Å²) in [5.41, 5.74) is -0.678. The Hall–Kier alpha value is -2.99. The second-order valence-corrected chi connectivity index (χ2v) is 9.88. The Balaban J connectivity index is 1.52. The maximum absolute atomic E-state index is 14.5. The van der Waals surface area contributed by atoms with Crippen molar-refractivity contribution in [3.63, 3.8) is 0 Å². The molecule has 0 aliphatic carbocycles. The lowest BCUT2D eigenvalue weighted by Gasteiger charge is -2.54. The van der Waals surface area contributed by atoms with Crippen molar-refractivity contribution in [1.29, 1.82) is 0 Å².